The molecule has 0 spiro atoms. The second-order valence-electron chi connectivity index (χ2n) is 4.49. The molecule has 1 saturated heterocycles. The Bertz CT molecular complexity index is 598. The predicted octanol–water partition coefficient (Wildman–Crippen LogP) is 0.194. The van der Waals surface area contributed by atoms with E-state index in [1.165, 1.54) is 7.11 Å². The van der Waals surface area contributed by atoms with Crippen LogP contribution < -0.4 is 15.8 Å². The number of nitrogen functional groups attached to an aromatic ring is 1. The van der Waals surface area contributed by atoms with Gasteiger partial charge in [0.1, 0.15) is 5.75 Å². The second-order valence-corrected chi connectivity index (χ2v) is 6.72. The van der Waals surface area contributed by atoms with Crippen LogP contribution in [0.15, 0.2) is 18.2 Å². The van der Waals surface area contributed by atoms with Crippen molar-refractivity contribution in [1.82, 2.24) is 5.32 Å². The third-order valence-electron chi connectivity index (χ3n) is 3.10. The highest BCUT2D eigenvalue weighted by Gasteiger charge is 2.29. The van der Waals surface area contributed by atoms with Crippen LogP contribution in [0.5, 0.6) is 5.75 Å². The number of rotatable bonds is 3. The lowest BCUT2D eigenvalue weighted by Crippen LogP contribution is -2.35. The number of anilines is 1. The number of methoxy groups -OCH3 is 1. The van der Waals surface area contributed by atoms with Gasteiger partial charge in [-0.2, -0.15) is 0 Å². The maximum atomic E-state index is 12.1. The van der Waals surface area contributed by atoms with Gasteiger partial charge in [-0.25, -0.2) is 8.42 Å². The van der Waals surface area contributed by atoms with Crippen molar-refractivity contribution in [3.05, 3.63) is 23.8 Å². The Hall–Kier alpha value is -1.76. The van der Waals surface area contributed by atoms with Gasteiger partial charge in [0.05, 0.1) is 29.9 Å². The van der Waals surface area contributed by atoms with E-state index in [4.69, 9.17) is 10.5 Å². The summed E-state index contributed by atoms with van der Waals surface area (Å²) in [5.41, 5.74) is 6.37. The van der Waals surface area contributed by atoms with Crippen molar-refractivity contribution >= 4 is 21.4 Å². The normalized spacial score (nSPS) is 21.0. The molecule has 1 unspecified atom stereocenters. The Labute approximate surface area is 111 Å². The highest BCUT2D eigenvalue weighted by Crippen LogP contribution is 2.25. The molecule has 1 aliphatic rings. The molecule has 0 radical (unpaired) electrons. The number of carbonyl (C=O) groups is 1. The van der Waals surface area contributed by atoms with Crippen LogP contribution in [0.3, 0.4) is 0 Å². The lowest BCUT2D eigenvalue weighted by Gasteiger charge is -2.13. The lowest BCUT2D eigenvalue weighted by molar-refractivity contribution is 0.0942. The summed E-state index contributed by atoms with van der Waals surface area (Å²) in [5.74, 6) is 0.152. The average molecular weight is 284 g/mol. The maximum absolute atomic E-state index is 12.1. The van der Waals surface area contributed by atoms with E-state index in [9.17, 15) is 13.2 Å². The molecule has 7 heteroatoms. The number of sulfone groups is 1. The molecule has 1 amide bonds. The standard InChI is InChI=1S/C12H16N2O4S/c1-18-10-4-2-3-9(11(10)13)12(15)14-8-5-6-19(16,17)7-8/h2-4,8H,5-7,13H2,1H3,(H,14,15). The molecule has 19 heavy (non-hydrogen) atoms. The molecule has 0 bridgehead atoms. The molecular weight excluding hydrogens is 268 g/mol. The van der Waals surface area contributed by atoms with E-state index in [-0.39, 0.29) is 29.1 Å². The molecule has 1 aliphatic heterocycles. The molecule has 0 aromatic heterocycles. The fourth-order valence-electron chi connectivity index (χ4n) is 2.09. The number of amides is 1. The van der Waals surface area contributed by atoms with E-state index in [1.807, 2.05) is 0 Å². The third kappa shape index (κ3) is 2.98. The molecule has 1 atom stereocenters. The number of nitrogens with two attached hydrogens (primary N) is 1. The van der Waals surface area contributed by atoms with Gasteiger partial charge in [-0.15, -0.1) is 0 Å². The van der Waals surface area contributed by atoms with E-state index in [2.05, 4.69) is 5.32 Å². The minimum absolute atomic E-state index is 0.0113. The van der Waals surface area contributed by atoms with Crippen molar-refractivity contribution in [2.45, 2.75) is 12.5 Å². The molecular formula is C12H16N2O4S. The monoisotopic (exact) mass is 284 g/mol. The van der Waals surface area contributed by atoms with Crippen LogP contribution in [0.1, 0.15) is 16.8 Å². The van der Waals surface area contributed by atoms with Gasteiger partial charge >= 0.3 is 0 Å². The fourth-order valence-corrected chi connectivity index (χ4v) is 3.77. The van der Waals surface area contributed by atoms with Crippen molar-refractivity contribution in [2.75, 3.05) is 24.3 Å². The van der Waals surface area contributed by atoms with Crippen molar-refractivity contribution in [3.8, 4) is 5.75 Å². The predicted molar refractivity (Wildman–Crippen MR) is 71.9 cm³/mol. The van der Waals surface area contributed by atoms with Crippen LogP contribution in [0.25, 0.3) is 0 Å². The third-order valence-corrected chi connectivity index (χ3v) is 4.87. The number of para-hydroxylation sites is 1. The first kappa shape index (κ1) is 13.7. The first-order chi connectivity index (χ1) is 8.93. The van der Waals surface area contributed by atoms with Crippen molar-refractivity contribution < 1.29 is 17.9 Å². The summed E-state index contributed by atoms with van der Waals surface area (Å²) < 4.78 is 27.7. The SMILES string of the molecule is COc1cccc(C(=O)NC2CCS(=O)(=O)C2)c1N. The molecule has 3 N–H and O–H groups in total. The van der Waals surface area contributed by atoms with E-state index < -0.39 is 9.84 Å². The Morgan fingerprint density at radius 3 is 2.79 bits per heavy atom. The van der Waals surface area contributed by atoms with Crippen LogP contribution in [-0.4, -0.2) is 39.0 Å². The summed E-state index contributed by atoms with van der Waals surface area (Å²) in [6.07, 6.45) is 0.442. The minimum Gasteiger partial charge on any atom is -0.495 e. The Kier molecular flexibility index (Phi) is 3.66. The summed E-state index contributed by atoms with van der Waals surface area (Å²) in [6, 6.07) is 4.56. The first-order valence-electron chi connectivity index (χ1n) is 5.87. The molecule has 104 valence electrons. The van der Waals surface area contributed by atoms with Gasteiger partial charge in [-0.3, -0.25) is 4.79 Å². The summed E-state index contributed by atoms with van der Waals surface area (Å²) in [5, 5.41) is 2.69. The Balaban J connectivity index is 2.13. The summed E-state index contributed by atoms with van der Waals surface area (Å²) in [4.78, 5) is 12.1. The number of benzene rings is 1. The van der Waals surface area contributed by atoms with Crippen LogP contribution >= 0.6 is 0 Å². The van der Waals surface area contributed by atoms with E-state index >= 15 is 0 Å². The van der Waals surface area contributed by atoms with Crippen LogP contribution in [0.2, 0.25) is 0 Å². The largest absolute Gasteiger partial charge is 0.495 e. The smallest absolute Gasteiger partial charge is 0.253 e. The molecule has 0 aliphatic carbocycles. The second kappa shape index (κ2) is 5.08. The van der Waals surface area contributed by atoms with Gasteiger partial charge in [0.15, 0.2) is 9.84 Å². The van der Waals surface area contributed by atoms with Gasteiger partial charge in [0.2, 0.25) is 0 Å². The molecule has 0 saturated carbocycles. The highest BCUT2D eigenvalue weighted by atomic mass is 32.2. The van der Waals surface area contributed by atoms with Crippen LogP contribution in [-0.2, 0) is 9.84 Å². The van der Waals surface area contributed by atoms with Crippen LogP contribution in [0.4, 0.5) is 5.69 Å². The Morgan fingerprint density at radius 2 is 2.21 bits per heavy atom. The quantitative estimate of drug-likeness (QED) is 0.772. The maximum Gasteiger partial charge on any atom is 0.253 e. The molecule has 6 nitrogen and oxygen atoms in total. The van der Waals surface area contributed by atoms with Gasteiger partial charge < -0.3 is 15.8 Å². The molecule has 1 aromatic rings. The molecule has 1 heterocycles. The lowest BCUT2D eigenvalue weighted by atomic mass is 10.1. The zero-order valence-corrected chi connectivity index (χ0v) is 11.4. The molecule has 1 aromatic carbocycles. The number of hydrogen-bond acceptors (Lipinski definition) is 5. The highest BCUT2D eigenvalue weighted by molar-refractivity contribution is 7.91. The van der Waals surface area contributed by atoms with Crippen LogP contribution in [0, 0.1) is 0 Å². The summed E-state index contributed by atoms with van der Waals surface area (Å²) in [6.45, 7) is 0. The van der Waals surface area contributed by atoms with E-state index in [0.29, 0.717) is 17.7 Å². The van der Waals surface area contributed by atoms with Crippen molar-refractivity contribution in [1.29, 1.82) is 0 Å². The minimum atomic E-state index is -3.02. The number of nitrogens with one attached hydrogen (secondary N) is 1. The summed E-state index contributed by atoms with van der Waals surface area (Å²) in [7, 11) is -1.55. The van der Waals surface area contributed by atoms with Gasteiger partial charge in [-0.1, -0.05) is 6.07 Å². The zero-order chi connectivity index (χ0) is 14.0. The number of carbonyl (C=O) groups excluding carboxylic acids is 1. The summed E-state index contributed by atoms with van der Waals surface area (Å²) >= 11 is 0. The van der Waals surface area contributed by atoms with E-state index in [0.717, 1.165) is 0 Å². The average Bonchev–Trinajstić information content (AvgIpc) is 2.68. The number of hydrogen-bond donors (Lipinski definition) is 2. The van der Waals surface area contributed by atoms with Crippen molar-refractivity contribution in [3.63, 3.8) is 0 Å². The first-order valence-corrected chi connectivity index (χ1v) is 7.69. The number of ether oxygens (including phenoxy) is 1. The Morgan fingerprint density at radius 1 is 1.47 bits per heavy atom. The van der Waals surface area contributed by atoms with Gasteiger partial charge in [-0.05, 0) is 18.6 Å². The molecule has 1 fully saturated rings. The molecule has 2 rings (SSSR count). The van der Waals surface area contributed by atoms with Crippen molar-refractivity contribution in [2.24, 2.45) is 0 Å². The zero-order valence-electron chi connectivity index (χ0n) is 10.5. The fraction of sp³-hybridized carbons (Fsp3) is 0.417. The van der Waals surface area contributed by atoms with Gasteiger partial charge in [0.25, 0.3) is 5.91 Å². The van der Waals surface area contributed by atoms with Gasteiger partial charge in [0, 0.05) is 6.04 Å². The topological polar surface area (TPSA) is 98.5 Å². The van der Waals surface area contributed by atoms with E-state index in [1.54, 1.807) is 18.2 Å².